The average Bonchev–Trinajstić information content (AvgIpc) is 0.737. The summed E-state index contributed by atoms with van der Waals surface area (Å²) in [5, 5.41) is 268. The Morgan fingerprint density at radius 1 is 0.500 bits per heavy atom. The first-order valence-electron chi connectivity index (χ1n) is 48.9. The Labute approximate surface area is 808 Å². The number of carbonyl (C=O) groups is 5. The Morgan fingerprint density at radius 2 is 1.02 bits per heavy atom. The van der Waals surface area contributed by atoms with Crippen LogP contribution in [-0.4, -0.2) is 450 Å². The summed E-state index contributed by atoms with van der Waals surface area (Å²) >= 11 is 0. The number of carboxylic acids is 1. The molecule has 13 rings (SSSR count). The smallest absolute Gasteiger partial charge is 0.335 e. The predicted octanol–water partition coefficient (Wildman–Crippen LogP) is -6.32. The molecular weight excluding hydrogens is 1870 g/mol. The Hall–Kier alpha value is -4.23. The number of carbonyl (C=O) groups excluding carboxylic acids is 4. The molecular formula is C93H150O47. The van der Waals surface area contributed by atoms with E-state index < -0.39 is 390 Å². The highest BCUT2D eigenvalue weighted by Crippen LogP contribution is 2.76. The van der Waals surface area contributed by atoms with Crippen molar-refractivity contribution in [2.75, 3.05) is 39.6 Å². The average molecular weight is 2020 g/mol. The van der Waals surface area contributed by atoms with Crippen molar-refractivity contribution < 1.29 is 232 Å². The van der Waals surface area contributed by atoms with Crippen molar-refractivity contribution in [2.24, 2.45) is 62.1 Å². The van der Waals surface area contributed by atoms with Gasteiger partial charge in [-0.15, -0.1) is 0 Å². The van der Waals surface area contributed by atoms with E-state index in [-0.39, 0.29) is 43.9 Å². The normalized spacial score (nSPS) is 48.8. The Bertz CT molecular complexity index is 4160. The van der Waals surface area contributed by atoms with Crippen LogP contribution in [0, 0.1) is 62.1 Å². The van der Waals surface area contributed by atoms with Crippen LogP contribution < -0.4 is 0 Å². The minimum Gasteiger partial charge on any atom is -0.479 e. The first-order chi connectivity index (χ1) is 65.7. The van der Waals surface area contributed by atoms with E-state index in [1.165, 1.54) is 13.8 Å². The number of hydrogen-bond donors (Lipinski definition) is 24. The van der Waals surface area contributed by atoms with Gasteiger partial charge in [0, 0.05) is 12.8 Å². The number of ether oxygens (including phenoxy) is 18. The molecule has 0 aromatic rings. The van der Waals surface area contributed by atoms with Crippen LogP contribution in [0.15, 0.2) is 11.6 Å². The van der Waals surface area contributed by atoms with Crippen LogP contribution >= 0.6 is 0 Å². The number of aliphatic carboxylic acids is 1. The van der Waals surface area contributed by atoms with Crippen molar-refractivity contribution in [2.45, 2.75) is 437 Å². The van der Waals surface area contributed by atoms with Crippen molar-refractivity contribution in [3.63, 3.8) is 0 Å². The fraction of sp³-hybridized carbons (Fsp3) is 0.925. The van der Waals surface area contributed by atoms with Crippen molar-refractivity contribution in [3.8, 4) is 0 Å². The summed E-state index contributed by atoms with van der Waals surface area (Å²) in [6, 6.07) is 0. The third kappa shape index (κ3) is 21.7. The van der Waals surface area contributed by atoms with Crippen LogP contribution in [0.5, 0.6) is 0 Å². The Morgan fingerprint density at radius 3 is 1.60 bits per heavy atom. The summed E-state index contributed by atoms with van der Waals surface area (Å²) in [5.41, 5.74) is -7.77. The highest BCUT2D eigenvalue weighted by Gasteiger charge is 2.74. The molecule has 52 unspecified atom stereocenters. The molecule has 13 aliphatic rings. The largest absolute Gasteiger partial charge is 0.479 e. The lowest BCUT2D eigenvalue weighted by atomic mass is 9.33. The molecule has 0 spiro atoms. The van der Waals surface area contributed by atoms with Crippen LogP contribution in [0.3, 0.4) is 0 Å². The Kier molecular flexibility index (Phi) is 36.2. The fourth-order valence-electron chi connectivity index (χ4n) is 24.4. The quantitative estimate of drug-likeness (QED) is 0.00912. The van der Waals surface area contributed by atoms with Crippen LogP contribution in [0.4, 0.5) is 0 Å². The minimum absolute atomic E-state index is 0.0237. The zero-order chi connectivity index (χ0) is 103. The SMILES string of the molecule is CCC(C)C(CC(O)CC(=O)OC1C(C)OC(OC(=O)C23CCC(C)(C)CC2C2=CCC4C5(C)CCC(OC6OC(C(=O)O)C(O)C(O)C6OC6OC(CO)C(O)C(O)C6O)C(C)(C=O)C5CCC4(C)C2(C)CC3O)C(OC2OC(C)C(OC3OCC(O)C(OC4OCC(O)(CO)C4O)C3O)C(OC3OC(CO)C(O)C(O)C3O)C2O)C1O)OC(=O)CC(O)CC(OC1OC(CO)C(O)C1O)C(C)CC. The van der Waals surface area contributed by atoms with Crippen LogP contribution in [0.1, 0.15) is 179 Å². The summed E-state index contributed by atoms with van der Waals surface area (Å²) in [6.45, 7) is 16.9. The van der Waals surface area contributed by atoms with Gasteiger partial charge in [0.2, 0.25) is 6.29 Å². The van der Waals surface area contributed by atoms with E-state index in [9.17, 15) is 142 Å². The topological polar surface area (TPSA) is 737 Å². The van der Waals surface area contributed by atoms with E-state index in [1.807, 2.05) is 27.7 Å². The molecule has 140 heavy (non-hydrogen) atoms. The molecule has 0 aromatic heterocycles. The number of hydrogen-bond acceptors (Lipinski definition) is 46. The van der Waals surface area contributed by atoms with E-state index in [0.717, 1.165) is 11.9 Å². The second-order valence-electron chi connectivity index (χ2n) is 43.0. The molecule has 0 bridgehead atoms. The molecule has 0 amide bonds. The molecule has 47 nitrogen and oxygen atoms in total. The summed E-state index contributed by atoms with van der Waals surface area (Å²) < 4.78 is 109. The van der Waals surface area contributed by atoms with Crippen LogP contribution in [0.2, 0.25) is 0 Å². The first-order valence-corrected chi connectivity index (χ1v) is 48.9. The molecule has 52 atom stereocenters. The molecule has 8 saturated heterocycles. The van der Waals surface area contributed by atoms with Crippen molar-refractivity contribution >= 4 is 30.2 Å². The number of esters is 3. The van der Waals surface area contributed by atoms with Crippen LogP contribution in [-0.2, 0) is 109 Å². The molecule has 8 heterocycles. The van der Waals surface area contributed by atoms with Gasteiger partial charge in [-0.25, -0.2) is 4.79 Å². The first kappa shape index (κ1) is 113. The zero-order valence-electron chi connectivity index (χ0n) is 80.7. The van der Waals surface area contributed by atoms with Gasteiger partial charge in [0.15, 0.2) is 62.3 Å². The molecule has 804 valence electrons. The predicted molar refractivity (Wildman–Crippen MR) is 464 cm³/mol. The summed E-state index contributed by atoms with van der Waals surface area (Å²) in [5.74, 6) is -7.34. The van der Waals surface area contributed by atoms with Gasteiger partial charge in [-0.1, -0.05) is 93.7 Å². The van der Waals surface area contributed by atoms with Crippen molar-refractivity contribution in [3.05, 3.63) is 11.6 Å². The molecule has 47 heteroatoms. The summed E-state index contributed by atoms with van der Waals surface area (Å²) in [7, 11) is 0. The highest BCUT2D eigenvalue weighted by atomic mass is 16.8. The van der Waals surface area contributed by atoms with E-state index in [1.54, 1.807) is 27.7 Å². The van der Waals surface area contributed by atoms with Crippen LogP contribution in [0.25, 0.3) is 0 Å². The second-order valence-corrected chi connectivity index (χ2v) is 43.0. The van der Waals surface area contributed by atoms with Gasteiger partial charge >= 0.3 is 23.9 Å². The number of aldehydes is 1. The number of rotatable bonds is 36. The maximum absolute atomic E-state index is 16.5. The molecule has 0 aromatic carbocycles. The lowest BCUT2D eigenvalue weighted by Crippen LogP contribution is -2.69. The van der Waals surface area contributed by atoms with Gasteiger partial charge in [0.25, 0.3) is 0 Å². The summed E-state index contributed by atoms with van der Waals surface area (Å²) in [6.07, 6.45) is -70.5. The lowest BCUT2D eigenvalue weighted by molar-refractivity contribution is -0.396. The van der Waals surface area contributed by atoms with Gasteiger partial charge in [0.1, 0.15) is 158 Å². The molecule has 8 aliphatic heterocycles. The number of aliphatic hydroxyl groups is 23. The maximum atomic E-state index is 16.5. The van der Waals surface area contributed by atoms with Gasteiger partial charge in [-0.3, -0.25) is 14.4 Å². The minimum atomic E-state index is -2.37. The third-order valence-corrected chi connectivity index (χ3v) is 33.7. The van der Waals surface area contributed by atoms with E-state index in [0.29, 0.717) is 44.9 Å². The number of aliphatic hydroxyl groups excluding tert-OH is 22. The van der Waals surface area contributed by atoms with Gasteiger partial charge < -0.3 is 213 Å². The lowest BCUT2D eigenvalue weighted by Gasteiger charge is -2.71. The highest BCUT2D eigenvalue weighted by molar-refractivity contribution is 5.80. The standard InChI is InChI=1S/C93H150O47/c1-13-36(3)45(127-54(103)25-41(100)24-46(37(4)14-2)128-79-63(112)58(107)49(31-96)129-79)23-40(99)26-55(104)133-69-38(5)126-83(75(66(69)115)139-82-68(117)72(136-80-64(113)59(108)56(105)47(29-94)130-80)70(39(6)125-82)134-78-67(116)71(44(101)32-123-78)135-85-76(118)92(122,34-98)35-124-85)140-86(121)93-22-21-87(7,8)27-43(93)42-15-16-51-88(9)19-18-53(89(10,33-97)50(88)17-20-90(51,11)91(42,12)28-52(93)102)132-84-74(62(111)61(110)73(137-84)77(119)120)138-81-65(114)60(109)57(106)48(30-95)131-81/h15,33,36-41,43-53,56-76,78-85,94-96,98-102,105-118,122H,13-14,16-32,34-35H2,1-12H3,(H,119,120). The Balaban J connectivity index is 0.782. The zero-order valence-corrected chi connectivity index (χ0v) is 80.7. The van der Waals surface area contributed by atoms with E-state index >= 15 is 4.79 Å². The molecule has 0 radical (unpaired) electrons. The molecule has 5 aliphatic carbocycles. The number of carboxylic acid groups (broad SMARTS) is 1. The van der Waals surface area contributed by atoms with Crippen molar-refractivity contribution in [1.29, 1.82) is 0 Å². The van der Waals surface area contributed by atoms with Gasteiger partial charge in [-0.05, 0) is 123 Å². The second kappa shape index (κ2) is 44.9. The molecule has 24 N–H and O–H groups in total. The number of allylic oxidation sites excluding steroid dienone is 2. The molecule has 4 saturated carbocycles. The summed E-state index contributed by atoms with van der Waals surface area (Å²) in [4.78, 5) is 71.8. The van der Waals surface area contributed by atoms with Gasteiger partial charge in [-0.2, -0.15) is 0 Å². The number of fused-ring (bicyclic) bond motifs is 7. The van der Waals surface area contributed by atoms with E-state index in [4.69, 9.17) is 85.3 Å². The maximum Gasteiger partial charge on any atom is 0.335 e. The van der Waals surface area contributed by atoms with Crippen molar-refractivity contribution in [1.82, 2.24) is 0 Å². The van der Waals surface area contributed by atoms with Gasteiger partial charge in [0.05, 0.1) is 101 Å². The van der Waals surface area contributed by atoms with E-state index in [2.05, 4.69) is 19.9 Å². The molecule has 12 fully saturated rings. The fourth-order valence-corrected chi connectivity index (χ4v) is 24.4. The third-order valence-electron chi connectivity index (χ3n) is 33.7. The monoisotopic (exact) mass is 2020 g/mol.